The van der Waals surface area contributed by atoms with Crippen molar-refractivity contribution in [2.75, 3.05) is 18.0 Å². The number of halogens is 1. The molecule has 0 spiro atoms. The number of rotatable bonds is 2. The van der Waals surface area contributed by atoms with Gasteiger partial charge in [0.25, 0.3) is 0 Å². The standard InChI is InChI=1S/C11H13FN4/c12-9-5-4-6-10(14-15-13)11(9)16-7-2-1-3-8-16/h4-6H,1-3,7-8H2. The number of azide groups is 1. The van der Waals surface area contributed by atoms with Crippen molar-refractivity contribution < 1.29 is 4.39 Å². The van der Waals surface area contributed by atoms with Crippen molar-refractivity contribution >= 4 is 11.4 Å². The number of hydrogen-bond acceptors (Lipinski definition) is 2. The van der Waals surface area contributed by atoms with Gasteiger partial charge in [-0.1, -0.05) is 17.2 Å². The van der Waals surface area contributed by atoms with Crippen molar-refractivity contribution in [1.29, 1.82) is 0 Å². The van der Waals surface area contributed by atoms with Crippen LogP contribution in [-0.4, -0.2) is 13.1 Å². The fourth-order valence-corrected chi connectivity index (χ4v) is 2.06. The Morgan fingerprint density at radius 3 is 2.69 bits per heavy atom. The average Bonchev–Trinajstić information content (AvgIpc) is 2.31. The van der Waals surface area contributed by atoms with Gasteiger partial charge >= 0.3 is 0 Å². The summed E-state index contributed by atoms with van der Waals surface area (Å²) in [6.07, 6.45) is 3.30. The zero-order valence-corrected chi connectivity index (χ0v) is 8.93. The van der Waals surface area contributed by atoms with Crippen molar-refractivity contribution in [1.82, 2.24) is 0 Å². The lowest BCUT2D eigenvalue weighted by Crippen LogP contribution is -2.30. The van der Waals surface area contributed by atoms with Gasteiger partial charge in [0.2, 0.25) is 0 Å². The Morgan fingerprint density at radius 1 is 1.25 bits per heavy atom. The van der Waals surface area contributed by atoms with Crippen LogP contribution in [0.1, 0.15) is 19.3 Å². The molecule has 1 heterocycles. The Balaban J connectivity index is 2.39. The Hall–Kier alpha value is -1.74. The van der Waals surface area contributed by atoms with Gasteiger partial charge in [0, 0.05) is 18.0 Å². The van der Waals surface area contributed by atoms with Gasteiger partial charge in [0.05, 0.1) is 11.4 Å². The molecule has 0 aromatic heterocycles. The topological polar surface area (TPSA) is 52.0 Å². The van der Waals surface area contributed by atoms with E-state index in [1.54, 1.807) is 12.1 Å². The smallest absolute Gasteiger partial charge is 0.146 e. The Bertz CT molecular complexity index is 420. The second-order valence-corrected chi connectivity index (χ2v) is 3.84. The summed E-state index contributed by atoms with van der Waals surface area (Å²) in [7, 11) is 0. The predicted molar refractivity (Wildman–Crippen MR) is 61.3 cm³/mol. The molecule has 1 fully saturated rings. The first-order valence-corrected chi connectivity index (χ1v) is 5.41. The second kappa shape index (κ2) is 4.86. The number of nitrogens with zero attached hydrogens (tertiary/aromatic N) is 4. The highest BCUT2D eigenvalue weighted by atomic mass is 19.1. The van der Waals surface area contributed by atoms with Crippen LogP contribution in [0.2, 0.25) is 0 Å². The molecule has 1 aromatic carbocycles. The van der Waals surface area contributed by atoms with E-state index in [0.717, 1.165) is 25.9 Å². The molecule has 0 N–H and O–H groups in total. The lowest BCUT2D eigenvalue weighted by atomic mass is 10.1. The molecule has 84 valence electrons. The minimum absolute atomic E-state index is 0.313. The van der Waals surface area contributed by atoms with E-state index in [2.05, 4.69) is 10.0 Å². The number of benzene rings is 1. The minimum atomic E-state index is -0.313. The third-order valence-electron chi connectivity index (χ3n) is 2.79. The van der Waals surface area contributed by atoms with E-state index in [1.165, 1.54) is 12.5 Å². The molecule has 0 saturated carbocycles. The molecule has 1 aliphatic heterocycles. The van der Waals surface area contributed by atoms with Gasteiger partial charge in [0.1, 0.15) is 5.82 Å². The summed E-state index contributed by atoms with van der Waals surface area (Å²) in [5, 5.41) is 3.54. The summed E-state index contributed by atoms with van der Waals surface area (Å²) in [5.74, 6) is -0.313. The van der Waals surface area contributed by atoms with Crippen molar-refractivity contribution in [3.05, 3.63) is 34.5 Å². The zero-order valence-electron chi connectivity index (χ0n) is 8.93. The van der Waals surface area contributed by atoms with Crippen LogP contribution in [0.15, 0.2) is 23.3 Å². The zero-order chi connectivity index (χ0) is 11.4. The lowest BCUT2D eigenvalue weighted by Gasteiger charge is -2.30. The molecule has 0 amide bonds. The number of anilines is 1. The van der Waals surface area contributed by atoms with Crippen LogP contribution in [0.4, 0.5) is 15.8 Å². The quantitative estimate of drug-likeness (QED) is 0.425. The highest BCUT2D eigenvalue weighted by Crippen LogP contribution is 2.33. The van der Waals surface area contributed by atoms with E-state index in [1.807, 2.05) is 4.90 Å². The van der Waals surface area contributed by atoms with Gasteiger partial charge in [-0.05, 0) is 30.9 Å². The molecule has 16 heavy (non-hydrogen) atoms. The number of hydrogen-bond donors (Lipinski definition) is 0. The summed E-state index contributed by atoms with van der Waals surface area (Å²) in [6.45, 7) is 1.66. The maximum absolute atomic E-state index is 13.7. The van der Waals surface area contributed by atoms with E-state index < -0.39 is 0 Å². The van der Waals surface area contributed by atoms with E-state index >= 15 is 0 Å². The molecule has 0 bridgehead atoms. The Labute approximate surface area is 93.3 Å². The molecule has 1 aliphatic rings. The van der Waals surface area contributed by atoms with Crippen LogP contribution in [0.25, 0.3) is 10.4 Å². The van der Waals surface area contributed by atoms with Crippen LogP contribution < -0.4 is 4.90 Å². The first kappa shape index (κ1) is 10.8. The summed E-state index contributed by atoms with van der Waals surface area (Å²) < 4.78 is 13.7. The third kappa shape index (κ3) is 2.09. The molecule has 0 aliphatic carbocycles. The normalized spacial score (nSPS) is 15.7. The molecular formula is C11H13FN4. The second-order valence-electron chi connectivity index (χ2n) is 3.84. The molecule has 1 saturated heterocycles. The SMILES string of the molecule is [N-]=[N+]=Nc1cccc(F)c1N1CCCCC1. The fraction of sp³-hybridized carbons (Fsp3) is 0.455. The molecule has 2 rings (SSSR count). The van der Waals surface area contributed by atoms with Crippen LogP contribution >= 0.6 is 0 Å². The molecule has 5 heteroatoms. The van der Waals surface area contributed by atoms with Crippen LogP contribution in [-0.2, 0) is 0 Å². The monoisotopic (exact) mass is 220 g/mol. The van der Waals surface area contributed by atoms with E-state index in [4.69, 9.17) is 5.53 Å². The average molecular weight is 220 g/mol. The van der Waals surface area contributed by atoms with Crippen LogP contribution in [0.3, 0.4) is 0 Å². The van der Waals surface area contributed by atoms with Crippen LogP contribution in [0, 0.1) is 5.82 Å². The number of piperidine rings is 1. The summed E-state index contributed by atoms with van der Waals surface area (Å²) in [6, 6.07) is 4.61. The summed E-state index contributed by atoms with van der Waals surface area (Å²) in [5.41, 5.74) is 9.27. The van der Waals surface area contributed by atoms with Gasteiger partial charge in [0.15, 0.2) is 0 Å². The lowest BCUT2D eigenvalue weighted by molar-refractivity contribution is 0.557. The predicted octanol–water partition coefficient (Wildman–Crippen LogP) is 3.76. The van der Waals surface area contributed by atoms with Gasteiger partial charge in [-0.25, -0.2) is 4.39 Å². The van der Waals surface area contributed by atoms with Gasteiger partial charge in [-0.15, -0.1) is 0 Å². The summed E-state index contributed by atoms with van der Waals surface area (Å²) in [4.78, 5) is 4.70. The Morgan fingerprint density at radius 2 is 2.00 bits per heavy atom. The molecule has 4 nitrogen and oxygen atoms in total. The molecular weight excluding hydrogens is 207 g/mol. The maximum Gasteiger partial charge on any atom is 0.146 e. The first-order chi connectivity index (χ1) is 7.83. The highest BCUT2D eigenvalue weighted by molar-refractivity contribution is 5.67. The molecule has 0 radical (unpaired) electrons. The van der Waals surface area contributed by atoms with E-state index in [-0.39, 0.29) is 5.82 Å². The Kier molecular flexibility index (Phi) is 3.27. The minimum Gasteiger partial charge on any atom is -0.369 e. The van der Waals surface area contributed by atoms with Crippen molar-refractivity contribution in [3.8, 4) is 0 Å². The number of para-hydroxylation sites is 1. The van der Waals surface area contributed by atoms with E-state index in [9.17, 15) is 4.39 Å². The maximum atomic E-state index is 13.7. The van der Waals surface area contributed by atoms with Crippen molar-refractivity contribution in [2.45, 2.75) is 19.3 Å². The molecule has 0 unspecified atom stereocenters. The largest absolute Gasteiger partial charge is 0.369 e. The van der Waals surface area contributed by atoms with Gasteiger partial charge < -0.3 is 4.90 Å². The van der Waals surface area contributed by atoms with Crippen molar-refractivity contribution in [3.63, 3.8) is 0 Å². The highest BCUT2D eigenvalue weighted by Gasteiger charge is 2.17. The third-order valence-corrected chi connectivity index (χ3v) is 2.79. The molecule has 1 aromatic rings. The van der Waals surface area contributed by atoms with Crippen LogP contribution in [0.5, 0.6) is 0 Å². The van der Waals surface area contributed by atoms with Crippen molar-refractivity contribution in [2.24, 2.45) is 5.11 Å². The van der Waals surface area contributed by atoms with Gasteiger partial charge in [-0.2, -0.15) is 0 Å². The summed E-state index contributed by atoms with van der Waals surface area (Å²) >= 11 is 0. The molecule has 0 atom stereocenters. The van der Waals surface area contributed by atoms with E-state index in [0.29, 0.717) is 11.4 Å². The van der Waals surface area contributed by atoms with Gasteiger partial charge in [-0.3, -0.25) is 0 Å². The fourth-order valence-electron chi connectivity index (χ4n) is 2.06. The first-order valence-electron chi connectivity index (χ1n) is 5.41.